The van der Waals surface area contributed by atoms with Crippen LogP contribution in [-0.4, -0.2) is 23.3 Å². The molecule has 0 unspecified atom stereocenters. The van der Waals surface area contributed by atoms with Crippen molar-refractivity contribution in [2.45, 2.75) is 18.8 Å². The fourth-order valence-corrected chi connectivity index (χ4v) is 2.73. The summed E-state index contributed by atoms with van der Waals surface area (Å²) >= 11 is 0. The number of nitrogens with zero attached hydrogens (tertiary/aromatic N) is 1. The molecule has 21 heavy (non-hydrogen) atoms. The number of benzene rings is 1. The number of pyridine rings is 1. The van der Waals surface area contributed by atoms with Crippen molar-refractivity contribution in [1.82, 2.24) is 4.98 Å². The fraction of sp³-hybridized carbons (Fsp3) is 0.312. The van der Waals surface area contributed by atoms with E-state index in [-0.39, 0.29) is 5.92 Å². The molecule has 0 bridgehead atoms. The number of hydrogen-bond acceptors (Lipinski definition) is 3. The van der Waals surface area contributed by atoms with Gasteiger partial charge >= 0.3 is 0 Å². The van der Waals surface area contributed by atoms with Crippen LogP contribution in [0.2, 0.25) is 0 Å². The highest BCUT2D eigenvalue weighted by atomic mass is 19.1. The summed E-state index contributed by atoms with van der Waals surface area (Å²) in [6.45, 7) is 1.37. The van der Waals surface area contributed by atoms with E-state index >= 15 is 0 Å². The van der Waals surface area contributed by atoms with Crippen molar-refractivity contribution in [2.24, 2.45) is 0 Å². The molecule has 1 aliphatic heterocycles. The zero-order valence-corrected chi connectivity index (χ0v) is 11.4. The zero-order chi connectivity index (χ0) is 14.8. The van der Waals surface area contributed by atoms with E-state index in [9.17, 15) is 13.9 Å². The molecule has 0 saturated carbocycles. The van der Waals surface area contributed by atoms with Crippen LogP contribution < -0.4 is 0 Å². The van der Waals surface area contributed by atoms with Crippen LogP contribution in [0, 0.1) is 11.6 Å². The van der Waals surface area contributed by atoms with Gasteiger partial charge in [0.1, 0.15) is 0 Å². The summed E-state index contributed by atoms with van der Waals surface area (Å²) in [5.41, 5.74) is 2.09. The van der Waals surface area contributed by atoms with Crippen molar-refractivity contribution in [3.8, 4) is 16.9 Å². The average Bonchev–Trinajstić information content (AvgIpc) is 2.53. The number of rotatable bonds is 2. The number of aromatic nitrogens is 1. The second-order valence-electron chi connectivity index (χ2n) is 5.14. The summed E-state index contributed by atoms with van der Waals surface area (Å²) in [5.74, 6) is -2.59. The molecule has 1 aromatic heterocycles. The number of hydrogen-bond donors (Lipinski definition) is 1. The number of aromatic hydroxyl groups is 1. The molecule has 0 aliphatic carbocycles. The third-order valence-corrected chi connectivity index (χ3v) is 3.84. The lowest BCUT2D eigenvalue weighted by Gasteiger charge is -2.24. The van der Waals surface area contributed by atoms with Crippen LogP contribution in [0.15, 0.2) is 30.6 Å². The second-order valence-corrected chi connectivity index (χ2v) is 5.14. The molecule has 2 aromatic rings. The Hall–Kier alpha value is -2.01. The van der Waals surface area contributed by atoms with Gasteiger partial charge in [0.2, 0.25) is 0 Å². The molecular weight excluding hydrogens is 276 g/mol. The first-order chi connectivity index (χ1) is 10.2. The van der Waals surface area contributed by atoms with Gasteiger partial charge < -0.3 is 9.84 Å². The first-order valence-corrected chi connectivity index (χ1v) is 6.87. The number of phenolic OH excluding ortho intramolecular Hbond substituents is 1. The highest BCUT2D eigenvalue weighted by molar-refractivity contribution is 5.68. The first-order valence-electron chi connectivity index (χ1n) is 6.87. The SMILES string of the molecule is Oc1c(F)cc(-c2cnccc2C2CCOCC2)cc1F. The van der Waals surface area contributed by atoms with Crippen LogP contribution in [0.5, 0.6) is 5.75 Å². The molecule has 1 saturated heterocycles. The van der Waals surface area contributed by atoms with Gasteiger partial charge in [-0.3, -0.25) is 4.98 Å². The maximum absolute atomic E-state index is 13.6. The minimum absolute atomic E-state index is 0.289. The van der Waals surface area contributed by atoms with Crippen molar-refractivity contribution >= 4 is 0 Å². The molecule has 1 fully saturated rings. The van der Waals surface area contributed by atoms with Gasteiger partial charge in [-0.05, 0) is 48.1 Å². The maximum atomic E-state index is 13.6. The highest BCUT2D eigenvalue weighted by Gasteiger charge is 2.20. The Bertz CT molecular complexity index is 631. The fourth-order valence-electron chi connectivity index (χ4n) is 2.73. The van der Waals surface area contributed by atoms with Gasteiger partial charge in [-0.15, -0.1) is 0 Å². The topological polar surface area (TPSA) is 42.4 Å². The Balaban J connectivity index is 2.06. The molecular formula is C16H15F2NO2. The summed E-state index contributed by atoms with van der Waals surface area (Å²) in [5, 5.41) is 9.21. The highest BCUT2D eigenvalue weighted by Crippen LogP contribution is 2.36. The molecule has 2 heterocycles. The van der Waals surface area contributed by atoms with E-state index in [0.717, 1.165) is 30.5 Å². The van der Waals surface area contributed by atoms with E-state index in [2.05, 4.69) is 4.98 Å². The van der Waals surface area contributed by atoms with Crippen molar-refractivity contribution in [3.63, 3.8) is 0 Å². The molecule has 1 aromatic carbocycles. The van der Waals surface area contributed by atoms with Gasteiger partial charge in [0.25, 0.3) is 0 Å². The predicted octanol–water partition coefficient (Wildman–Crippen LogP) is 3.63. The quantitative estimate of drug-likeness (QED) is 0.918. The molecule has 3 rings (SSSR count). The Kier molecular flexibility index (Phi) is 3.84. The lowest BCUT2D eigenvalue weighted by molar-refractivity contribution is 0.0854. The molecule has 5 heteroatoms. The second kappa shape index (κ2) is 5.77. The Morgan fingerprint density at radius 1 is 1.14 bits per heavy atom. The predicted molar refractivity (Wildman–Crippen MR) is 74.0 cm³/mol. The summed E-state index contributed by atoms with van der Waals surface area (Å²) < 4.78 is 32.5. The van der Waals surface area contributed by atoms with E-state index in [1.807, 2.05) is 6.07 Å². The third-order valence-electron chi connectivity index (χ3n) is 3.84. The molecule has 0 spiro atoms. The van der Waals surface area contributed by atoms with E-state index in [4.69, 9.17) is 4.74 Å². The Morgan fingerprint density at radius 2 is 1.81 bits per heavy atom. The van der Waals surface area contributed by atoms with Gasteiger partial charge in [-0.1, -0.05) is 0 Å². The van der Waals surface area contributed by atoms with Crippen LogP contribution in [0.3, 0.4) is 0 Å². The van der Waals surface area contributed by atoms with E-state index in [0.29, 0.717) is 24.3 Å². The van der Waals surface area contributed by atoms with Crippen molar-refractivity contribution in [1.29, 1.82) is 0 Å². The monoisotopic (exact) mass is 291 g/mol. The van der Waals surface area contributed by atoms with Crippen LogP contribution >= 0.6 is 0 Å². The summed E-state index contributed by atoms with van der Waals surface area (Å²) in [4.78, 5) is 4.06. The largest absolute Gasteiger partial charge is 0.503 e. The number of phenols is 1. The maximum Gasteiger partial charge on any atom is 0.187 e. The van der Waals surface area contributed by atoms with Gasteiger partial charge in [0.15, 0.2) is 17.4 Å². The number of halogens is 2. The van der Waals surface area contributed by atoms with Crippen LogP contribution in [0.4, 0.5) is 8.78 Å². The summed E-state index contributed by atoms with van der Waals surface area (Å²) in [6, 6.07) is 4.16. The van der Waals surface area contributed by atoms with Gasteiger partial charge in [-0.2, -0.15) is 0 Å². The van der Waals surface area contributed by atoms with Crippen LogP contribution in [0.1, 0.15) is 24.3 Å². The van der Waals surface area contributed by atoms with E-state index in [1.165, 1.54) is 0 Å². The lowest BCUT2D eigenvalue weighted by Crippen LogP contribution is -2.14. The molecule has 3 nitrogen and oxygen atoms in total. The van der Waals surface area contributed by atoms with E-state index < -0.39 is 17.4 Å². The molecule has 1 N–H and O–H groups in total. The van der Waals surface area contributed by atoms with Crippen LogP contribution in [0.25, 0.3) is 11.1 Å². The minimum Gasteiger partial charge on any atom is -0.503 e. The Labute approximate surface area is 121 Å². The molecule has 1 aliphatic rings. The standard InChI is InChI=1S/C16H15F2NO2/c17-14-7-11(8-15(18)16(14)20)13-9-19-4-1-12(13)10-2-5-21-6-3-10/h1,4,7-10,20H,2-3,5-6H2. The summed E-state index contributed by atoms with van der Waals surface area (Å²) in [6.07, 6.45) is 5.04. The molecule has 110 valence electrons. The number of ether oxygens (including phenoxy) is 1. The Morgan fingerprint density at radius 3 is 2.48 bits per heavy atom. The molecule has 0 radical (unpaired) electrons. The van der Waals surface area contributed by atoms with Gasteiger partial charge in [0.05, 0.1) is 0 Å². The lowest BCUT2D eigenvalue weighted by atomic mass is 9.87. The average molecular weight is 291 g/mol. The first kappa shape index (κ1) is 13.9. The minimum atomic E-state index is -0.966. The van der Waals surface area contributed by atoms with E-state index in [1.54, 1.807) is 12.4 Å². The van der Waals surface area contributed by atoms with Crippen molar-refractivity contribution < 1.29 is 18.6 Å². The van der Waals surface area contributed by atoms with Crippen LogP contribution in [-0.2, 0) is 4.74 Å². The van der Waals surface area contributed by atoms with Gasteiger partial charge in [-0.25, -0.2) is 8.78 Å². The zero-order valence-electron chi connectivity index (χ0n) is 11.4. The molecule has 0 atom stereocenters. The smallest absolute Gasteiger partial charge is 0.187 e. The third kappa shape index (κ3) is 2.74. The summed E-state index contributed by atoms with van der Waals surface area (Å²) in [7, 11) is 0. The normalized spacial score (nSPS) is 16.1. The van der Waals surface area contributed by atoms with Crippen molar-refractivity contribution in [2.75, 3.05) is 13.2 Å². The van der Waals surface area contributed by atoms with Gasteiger partial charge in [0, 0.05) is 31.2 Å². The van der Waals surface area contributed by atoms with Crippen molar-refractivity contribution in [3.05, 3.63) is 47.8 Å². The molecule has 0 amide bonds.